The third kappa shape index (κ3) is 2.54. The monoisotopic (exact) mass is 283 g/mol. The van der Waals surface area contributed by atoms with Crippen molar-refractivity contribution in [3.05, 3.63) is 17.0 Å². The SMILES string of the molecule is CC1(C)CCCCC1Nc1ncncc1Br. The molecule has 16 heavy (non-hydrogen) atoms. The van der Waals surface area contributed by atoms with Gasteiger partial charge in [0.05, 0.1) is 4.47 Å². The van der Waals surface area contributed by atoms with E-state index in [1.165, 1.54) is 25.7 Å². The summed E-state index contributed by atoms with van der Waals surface area (Å²) in [6, 6.07) is 0.507. The van der Waals surface area contributed by atoms with E-state index in [9.17, 15) is 0 Å². The van der Waals surface area contributed by atoms with Crippen molar-refractivity contribution >= 4 is 21.7 Å². The molecule has 1 heterocycles. The molecular weight excluding hydrogens is 266 g/mol. The second kappa shape index (κ2) is 4.70. The van der Waals surface area contributed by atoms with Crippen molar-refractivity contribution in [1.82, 2.24) is 9.97 Å². The van der Waals surface area contributed by atoms with Gasteiger partial charge >= 0.3 is 0 Å². The van der Waals surface area contributed by atoms with Gasteiger partial charge in [0, 0.05) is 12.2 Å². The fourth-order valence-corrected chi connectivity index (χ4v) is 2.68. The van der Waals surface area contributed by atoms with Crippen LogP contribution in [0.15, 0.2) is 17.0 Å². The number of hydrogen-bond acceptors (Lipinski definition) is 3. The zero-order valence-electron chi connectivity index (χ0n) is 9.83. The molecular formula is C12H18BrN3. The lowest BCUT2D eigenvalue weighted by atomic mass is 9.73. The van der Waals surface area contributed by atoms with E-state index in [2.05, 4.69) is 45.1 Å². The Morgan fingerprint density at radius 2 is 2.25 bits per heavy atom. The number of aromatic nitrogens is 2. The van der Waals surface area contributed by atoms with E-state index >= 15 is 0 Å². The van der Waals surface area contributed by atoms with Crippen LogP contribution in [0.4, 0.5) is 5.82 Å². The van der Waals surface area contributed by atoms with E-state index in [-0.39, 0.29) is 0 Å². The van der Waals surface area contributed by atoms with Crippen LogP contribution in [0.2, 0.25) is 0 Å². The highest BCUT2D eigenvalue weighted by Gasteiger charge is 2.32. The van der Waals surface area contributed by atoms with Crippen LogP contribution in [0.3, 0.4) is 0 Å². The lowest BCUT2D eigenvalue weighted by Gasteiger charge is -2.39. The quantitative estimate of drug-likeness (QED) is 0.901. The molecule has 0 aromatic carbocycles. The minimum absolute atomic E-state index is 0.350. The summed E-state index contributed by atoms with van der Waals surface area (Å²) in [5.41, 5.74) is 0.350. The molecule has 4 heteroatoms. The predicted molar refractivity (Wildman–Crippen MR) is 69.4 cm³/mol. The van der Waals surface area contributed by atoms with Gasteiger partial charge in [-0.1, -0.05) is 26.7 Å². The molecule has 0 spiro atoms. The van der Waals surface area contributed by atoms with Crippen LogP contribution in [-0.2, 0) is 0 Å². The topological polar surface area (TPSA) is 37.8 Å². The van der Waals surface area contributed by atoms with Gasteiger partial charge in [-0.3, -0.25) is 0 Å². The Kier molecular flexibility index (Phi) is 3.47. The summed E-state index contributed by atoms with van der Waals surface area (Å²) in [5.74, 6) is 0.912. The summed E-state index contributed by atoms with van der Waals surface area (Å²) in [6.07, 6.45) is 8.53. The maximum Gasteiger partial charge on any atom is 0.143 e. The first-order valence-electron chi connectivity index (χ1n) is 5.82. The van der Waals surface area contributed by atoms with Crippen molar-refractivity contribution in [2.24, 2.45) is 5.41 Å². The molecule has 1 aromatic rings. The van der Waals surface area contributed by atoms with Gasteiger partial charge < -0.3 is 5.32 Å². The van der Waals surface area contributed by atoms with Gasteiger partial charge in [-0.05, 0) is 34.2 Å². The second-order valence-electron chi connectivity index (χ2n) is 5.15. The van der Waals surface area contributed by atoms with E-state index in [0.29, 0.717) is 11.5 Å². The number of hydrogen-bond donors (Lipinski definition) is 1. The average molecular weight is 284 g/mol. The number of nitrogens with zero attached hydrogens (tertiary/aromatic N) is 2. The highest BCUT2D eigenvalue weighted by molar-refractivity contribution is 9.10. The van der Waals surface area contributed by atoms with E-state index in [1.54, 1.807) is 12.5 Å². The third-order valence-electron chi connectivity index (χ3n) is 3.49. The highest BCUT2D eigenvalue weighted by atomic mass is 79.9. The molecule has 3 nitrogen and oxygen atoms in total. The van der Waals surface area contributed by atoms with Gasteiger partial charge in [0.15, 0.2) is 0 Å². The van der Waals surface area contributed by atoms with Gasteiger partial charge in [0.2, 0.25) is 0 Å². The Labute approximate surface area is 105 Å². The minimum Gasteiger partial charge on any atom is -0.366 e. The van der Waals surface area contributed by atoms with Crippen molar-refractivity contribution in [3.8, 4) is 0 Å². The van der Waals surface area contributed by atoms with Crippen LogP contribution in [-0.4, -0.2) is 16.0 Å². The fraction of sp³-hybridized carbons (Fsp3) is 0.667. The van der Waals surface area contributed by atoms with Gasteiger partial charge in [-0.15, -0.1) is 0 Å². The lowest BCUT2D eigenvalue weighted by molar-refractivity contribution is 0.216. The smallest absolute Gasteiger partial charge is 0.143 e. The molecule has 1 saturated carbocycles. The summed E-state index contributed by atoms with van der Waals surface area (Å²) in [5, 5.41) is 3.54. The standard InChI is InChI=1S/C12H18BrN3/c1-12(2)6-4-3-5-10(12)16-11-9(13)7-14-8-15-11/h7-8,10H,3-6H2,1-2H3,(H,14,15,16). The third-order valence-corrected chi connectivity index (χ3v) is 4.07. The summed E-state index contributed by atoms with van der Waals surface area (Å²) in [7, 11) is 0. The number of halogens is 1. The maximum absolute atomic E-state index is 4.27. The molecule has 0 bridgehead atoms. The highest BCUT2D eigenvalue weighted by Crippen LogP contribution is 2.37. The Bertz CT molecular complexity index is 365. The molecule has 0 radical (unpaired) electrons. The Morgan fingerprint density at radius 1 is 1.44 bits per heavy atom. The molecule has 1 aliphatic rings. The fourth-order valence-electron chi connectivity index (χ4n) is 2.35. The van der Waals surface area contributed by atoms with Crippen molar-refractivity contribution in [1.29, 1.82) is 0 Å². The minimum atomic E-state index is 0.350. The Hall–Kier alpha value is -0.640. The summed E-state index contributed by atoms with van der Waals surface area (Å²) in [4.78, 5) is 8.25. The molecule has 1 aromatic heterocycles. The molecule has 1 atom stereocenters. The molecule has 0 amide bonds. The molecule has 88 valence electrons. The Morgan fingerprint density at radius 3 is 2.94 bits per heavy atom. The average Bonchev–Trinajstić information content (AvgIpc) is 2.24. The summed E-state index contributed by atoms with van der Waals surface area (Å²) >= 11 is 3.47. The first-order chi connectivity index (χ1) is 7.59. The van der Waals surface area contributed by atoms with E-state index in [1.807, 2.05) is 0 Å². The number of nitrogens with one attached hydrogen (secondary N) is 1. The Balaban J connectivity index is 2.12. The summed E-state index contributed by atoms with van der Waals surface area (Å²) in [6.45, 7) is 4.66. The van der Waals surface area contributed by atoms with Crippen molar-refractivity contribution < 1.29 is 0 Å². The van der Waals surface area contributed by atoms with E-state index in [4.69, 9.17) is 0 Å². The van der Waals surface area contributed by atoms with E-state index < -0.39 is 0 Å². The molecule has 1 aliphatic carbocycles. The van der Waals surface area contributed by atoms with Crippen LogP contribution < -0.4 is 5.32 Å². The first-order valence-corrected chi connectivity index (χ1v) is 6.61. The van der Waals surface area contributed by atoms with Crippen molar-refractivity contribution in [2.75, 3.05) is 5.32 Å². The van der Waals surface area contributed by atoms with E-state index in [0.717, 1.165) is 10.3 Å². The number of anilines is 1. The second-order valence-corrected chi connectivity index (χ2v) is 6.00. The molecule has 1 fully saturated rings. The van der Waals surface area contributed by atoms with Crippen molar-refractivity contribution in [3.63, 3.8) is 0 Å². The normalized spacial score (nSPS) is 24.1. The lowest BCUT2D eigenvalue weighted by Crippen LogP contribution is -2.39. The first kappa shape index (κ1) is 11.8. The summed E-state index contributed by atoms with van der Waals surface area (Å²) < 4.78 is 0.941. The maximum atomic E-state index is 4.27. The van der Waals surface area contributed by atoms with Crippen LogP contribution in [0.5, 0.6) is 0 Å². The zero-order valence-corrected chi connectivity index (χ0v) is 11.4. The van der Waals surface area contributed by atoms with Gasteiger partial charge in [0.25, 0.3) is 0 Å². The molecule has 1 unspecified atom stereocenters. The number of rotatable bonds is 2. The van der Waals surface area contributed by atoms with Crippen LogP contribution in [0, 0.1) is 5.41 Å². The molecule has 0 aliphatic heterocycles. The van der Waals surface area contributed by atoms with Crippen LogP contribution in [0.25, 0.3) is 0 Å². The van der Waals surface area contributed by atoms with Gasteiger partial charge in [0.1, 0.15) is 12.1 Å². The van der Waals surface area contributed by atoms with Crippen molar-refractivity contribution in [2.45, 2.75) is 45.6 Å². The molecule has 2 rings (SSSR count). The van der Waals surface area contributed by atoms with Gasteiger partial charge in [-0.25, -0.2) is 9.97 Å². The largest absolute Gasteiger partial charge is 0.366 e. The van der Waals surface area contributed by atoms with Crippen LogP contribution >= 0.6 is 15.9 Å². The predicted octanol–water partition coefficient (Wildman–Crippen LogP) is 3.62. The zero-order chi connectivity index (χ0) is 11.6. The molecule has 0 saturated heterocycles. The van der Waals surface area contributed by atoms with Gasteiger partial charge in [-0.2, -0.15) is 0 Å². The molecule has 1 N–H and O–H groups in total. The van der Waals surface area contributed by atoms with Crippen LogP contribution in [0.1, 0.15) is 39.5 Å².